The van der Waals surface area contributed by atoms with Crippen LogP contribution in [0.4, 0.5) is 10.1 Å². The first-order valence-corrected chi connectivity index (χ1v) is 5.30. The molecule has 0 bridgehead atoms. The highest BCUT2D eigenvalue weighted by Crippen LogP contribution is 2.28. The third-order valence-electron chi connectivity index (χ3n) is 2.56. The van der Waals surface area contributed by atoms with Gasteiger partial charge in [-0.3, -0.25) is 4.79 Å². The van der Waals surface area contributed by atoms with E-state index >= 15 is 0 Å². The van der Waals surface area contributed by atoms with Crippen molar-refractivity contribution in [2.45, 2.75) is 20.0 Å². The number of carbonyl (C=O) groups excluding carboxylic acids is 1. The van der Waals surface area contributed by atoms with E-state index in [2.05, 4.69) is 0 Å². The average Bonchev–Trinajstić information content (AvgIpc) is 2.19. The van der Waals surface area contributed by atoms with Gasteiger partial charge in [-0.25, -0.2) is 4.39 Å². The number of aliphatic hydroxyl groups excluding tert-OH is 1. The molecule has 0 aliphatic rings. The van der Waals surface area contributed by atoms with Crippen LogP contribution in [0.1, 0.15) is 24.2 Å². The Balaban J connectivity index is 3.20. The lowest BCUT2D eigenvalue weighted by atomic mass is 10.0. The molecule has 0 heterocycles. The molecule has 1 amide bonds. The van der Waals surface area contributed by atoms with Crippen molar-refractivity contribution < 1.29 is 14.3 Å². The smallest absolute Gasteiger partial charge is 0.236 e. The van der Waals surface area contributed by atoms with Crippen LogP contribution in [0.3, 0.4) is 0 Å². The number of hydrogen-bond acceptors (Lipinski definition) is 3. The van der Waals surface area contributed by atoms with Crippen LogP contribution in [-0.2, 0) is 4.79 Å². The van der Waals surface area contributed by atoms with Crippen molar-refractivity contribution in [3.8, 4) is 0 Å². The number of aryl methyl sites for hydroxylation is 1. The number of anilines is 1. The summed E-state index contributed by atoms with van der Waals surface area (Å²) >= 11 is 0. The van der Waals surface area contributed by atoms with Gasteiger partial charge < -0.3 is 15.7 Å². The molecule has 0 saturated carbocycles. The summed E-state index contributed by atoms with van der Waals surface area (Å²) in [5.74, 6) is -0.858. The Morgan fingerprint density at radius 3 is 2.65 bits per heavy atom. The second-order valence-corrected chi connectivity index (χ2v) is 4.16. The van der Waals surface area contributed by atoms with Gasteiger partial charge in [0.1, 0.15) is 5.82 Å². The third kappa shape index (κ3) is 3.17. The van der Waals surface area contributed by atoms with Gasteiger partial charge in [0.2, 0.25) is 5.91 Å². The third-order valence-corrected chi connectivity index (χ3v) is 2.56. The lowest BCUT2D eigenvalue weighted by Gasteiger charge is -2.23. The maximum atomic E-state index is 13.4. The minimum atomic E-state index is -0.810. The molecule has 0 fully saturated rings. The number of primary amides is 1. The normalized spacial score (nSPS) is 12.3. The number of aliphatic hydroxyl groups is 1. The first-order chi connectivity index (χ1) is 7.82. The first kappa shape index (κ1) is 13.4. The van der Waals surface area contributed by atoms with Gasteiger partial charge in [-0.15, -0.1) is 0 Å². The standard InChI is InChI=1S/C12H17FN2O2/c1-7-4-11(15(3)6-12(14)17)9(8(2)16)5-10(7)13/h4-5,8,16H,6H2,1-3H3,(H2,14,17)/t8-/m1/s1. The minimum Gasteiger partial charge on any atom is -0.389 e. The number of benzene rings is 1. The molecule has 5 heteroatoms. The molecule has 0 aliphatic heterocycles. The van der Waals surface area contributed by atoms with E-state index in [9.17, 15) is 14.3 Å². The van der Waals surface area contributed by atoms with Gasteiger partial charge in [-0.2, -0.15) is 0 Å². The second-order valence-electron chi connectivity index (χ2n) is 4.16. The molecule has 0 unspecified atom stereocenters. The highest BCUT2D eigenvalue weighted by atomic mass is 19.1. The van der Waals surface area contributed by atoms with Gasteiger partial charge >= 0.3 is 0 Å². The SMILES string of the molecule is Cc1cc(N(C)CC(N)=O)c([C@@H](C)O)cc1F. The summed E-state index contributed by atoms with van der Waals surface area (Å²) in [4.78, 5) is 12.5. The Kier molecular flexibility index (Phi) is 4.07. The second kappa shape index (κ2) is 5.14. The first-order valence-electron chi connectivity index (χ1n) is 5.30. The van der Waals surface area contributed by atoms with Crippen LogP contribution >= 0.6 is 0 Å². The van der Waals surface area contributed by atoms with Crippen LogP contribution in [0.5, 0.6) is 0 Å². The number of hydrogen-bond donors (Lipinski definition) is 2. The van der Waals surface area contributed by atoms with Crippen molar-refractivity contribution in [2.24, 2.45) is 5.73 Å². The van der Waals surface area contributed by atoms with E-state index in [-0.39, 0.29) is 12.4 Å². The number of likely N-dealkylation sites (N-methyl/N-ethyl adjacent to an activating group) is 1. The number of rotatable bonds is 4. The fraction of sp³-hybridized carbons (Fsp3) is 0.417. The zero-order valence-electron chi connectivity index (χ0n) is 10.2. The number of nitrogens with two attached hydrogens (primary N) is 1. The predicted molar refractivity (Wildman–Crippen MR) is 64.2 cm³/mol. The van der Waals surface area contributed by atoms with E-state index in [0.29, 0.717) is 16.8 Å². The summed E-state index contributed by atoms with van der Waals surface area (Å²) in [5.41, 5.74) is 6.62. The molecule has 3 N–H and O–H groups in total. The van der Waals surface area contributed by atoms with Crippen molar-refractivity contribution in [2.75, 3.05) is 18.5 Å². The summed E-state index contributed by atoms with van der Waals surface area (Å²) in [5, 5.41) is 9.59. The molecule has 0 saturated heterocycles. The fourth-order valence-corrected chi connectivity index (χ4v) is 1.67. The highest BCUT2D eigenvalue weighted by Gasteiger charge is 2.15. The number of carbonyl (C=O) groups is 1. The molecule has 0 aromatic heterocycles. The molecule has 1 aromatic carbocycles. The molecule has 1 aromatic rings. The summed E-state index contributed by atoms with van der Waals surface area (Å²) in [7, 11) is 1.67. The Morgan fingerprint density at radius 2 is 2.18 bits per heavy atom. The van der Waals surface area contributed by atoms with Crippen LogP contribution in [-0.4, -0.2) is 24.6 Å². The topological polar surface area (TPSA) is 66.6 Å². The lowest BCUT2D eigenvalue weighted by Crippen LogP contribution is -2.31. The van der Waals surface area contributed by atoms with Crippen molar-refractivity contribution in [1.29, 1.82) is 0 Å². The van der Waals surface area contributed by atoms with Gasteiger partial charge in [0.25, 0.3) is 0 Å². The lowest BCUT2D eigenvalue weighted by molar-refractivity contribution is -0.116. The minimum absolute atomic E-state index is 0.0186. The Morgan fingerprint density at radius 1 is 1.59 bits per heavy atom. The molecule has 0 radical (unpaired) electrons. The van der Waals surface area contributed by atoms with Crippen molar-refractivity contribution >= 4 is 11.6 Å². The van der Waals surface area contributed by atoms with Gasteiger partial charge in [0.15, 0.2) is 0 Å². The maximum Gasteiger partial charge on any atom is 0.236 e. The monoisotopic (exact) mass is 240 g/mol. The molecule has 0 spiro atoms. The number of halogens is 1. The van der Waals surface area contributed by atoms with E-state index in [4.69, 9.17) is 5.73 Å². The largest absolute Gasteiger partial charge is 0.389 e. The molecular weight excluding hydrogens is 223 g/mol. The van der Waals surface area contributed by atoms with Crippen LogP contribution < -0.4 is 10.6 Å². The van der Waals surface area contributed by atoms with Crippen LogP contribution in [0, 0.1) is 12.7 Å². The van der Waals surface area contributed by atoms with Crippen LogP contribution in [0.25, 0.3) is 0 Å². The van der Waals surface area contributed by atoms with Gasteiger partial charge in [-0.1, -0.05) is 0 Å². The highest BCUT2D eigenvalue weighted by molar-refractivity contribution is 5.79. The van der Waals surface area contributed by atoms with Gasteiger partial charge in [-0.05, 0) is 31.5 Å². The zero-order valence-corrected chi connectivity index (χ0v) is 10.2. The van der Waals surface area contributed by atoms with Crippen LogP contribution in [0.2, 0.25) is 0 Å². The van der Waals surface area contributed by atoms with Gasteiger partial charge in [0, 0.05) is 18.3 Å². The van der Waals surface area contributed by atoms with E-state index in [1.807, 2.05) is 0 Å². The van der Waals surface area contributed by atoms with Crippen molar-refractivity contribution in [1.82, 2.24) is 0 Å². The van der Waals surface area contributed by atoms with E-state index in [1.54, 1.807) is 31.9 Å². The van der Waals surface area contributed by atoms with E-state index < -0.39 is 12.0 Å². The molecule has 4 nitrogen and oxygen atoms in total. The summed E-state index contributed by atoms with van der Waals surface area (Å²) < 4.78 is 13.4. The van der Waals surface area contributed by atoms with Crippen molar-refractivity contribution in [3.05, 3.63) is 29.1 Å². The molecular formula is C12H17FN2O2. The maximum absolute atomic E-state index is 13.4. The molecule has 17 heavy (non-hydrogen) atoms. The Bertz CT molecular complexity index is 433. The number of nitrogens with zero attached hydrogens (tertiary/aromatic N) is 1. The van der Waals surface area contributed by atoms with Crippen molar-refractivity contribution in [3.63, 3.8) is 0 Å². The summed E-state index contributed by atoms with van der Waals surface area (Å²) in [6, 6.07) is 2.88. The Hall–Kier alpha value is -1.62. The molecule has 1 rings (SSSR count). The summed E-state index contributed by atoms with van der Waals surface area (Å²) in [6.07, 6.45) is -0.810. The predicted octanol–water partition coefficient (Wildman–Crippen LogP) is 1.11. The zero-order chi connectivity index (χ0) is 13.2. The van der Waals surface area contributed by atoms with Crippen LogP contribution in [0.15, 0.2) is 12.1 Å². The summed E-state index contributed by atoms with van der Waals surface area (Å²) in [6.45, 7) is 3.19. The van der Waals surface area contributed by atoms with Gasteiger partial charge in [0.05, 0.1) is 12.6 Å². The average molecular weight is 240 g/mol. The molecule has 94 valence electrons. The van der Waals surface area contributed by atoms with E-state index in [0.717, 1.165) is 0 Å². The molecule has 0 aliphatic carbocycles. The number of amides is 1. The van der Waals surface area contributed by atoms with E-state index in [1.165, 1.54) is 6.07 Å². The quantitative estimate of drug-likeness (QED) is 0.828. The Labute approximate surface area is 99.8 Å². The molecule has 1 atom stereocenters. The fourth-order valence-electron chi connectivity index (χ4n) is 1.67.